The number of allylic oxidation sites excluding steroid dienone is 2. The molecule has 1 aliphatic heterocycles. The number of aromatic nitrogens is 4. The molecule has 0 unspecified atom stereocenters. The van der Waals surface area contributed by atoms with Gasteiger partial charge in [-0.2, -0.15) is 9.61 Å². The van der Waals surface area contributed by atoms with E-state index in [1.54, 1.807) is 23.0 Å². The molecule has 2 aromatic carbocycles. The monoisotopic (exact) mass is 449 g/mol. The number of para-hydroxylation sites is 1. The van der Waals surface area contributed by atoms with Crippen molar-refractivity contribution in [3.05, 3.63) is 82.5 Å². The molecule has 0 saturated carbocycles. The van der Waals surface area contributed by atoms with Gasteiger partial charge in [-0.25, -0.2) is 14.4 Å². The lowest BCUT2D eigenvalue weighted by molar-refractivity contribution is 0.621. The summed E-state index contributed by atoms with van der Waals surface area (Å²) >= 11 is 3.19. The van der Waals surface area contributed by atoms with Crippen LogP contribution in [0.3, 0.4) is 0 Å². The summed E-state index contributed by atoms with van der Waals surface area (Å²) in [5.74, 6) is 0.975. The van der Waals surface area contributed by atoms with Crippen LogP contribution in [0.4, 0.5) is 15.9 Å². The summed E-state index contributed by atoms with van der Waals surface area (Å²) in [5, 5.41) is 4.73. The maximum Gasteiger partial charge on any atom is 0.252 e. The van der Waals surface area contributed by atoms with Crippen molar-refractivity contribution in [3.8, 4) is 11.3 Å². The van der Waals surface area contributed by atoms with Crippen molar-refractivity contribution in [2.45, 2.75) is 19.8 Å². The Morgan fingerprint density at radius 3 is 2.76 bits per heavy atom. The molecule has 0 N–H and O–H groups in total. The average Bonchev–Trinajstić information content (AvgIpc) is 3.17. The summed E-state index contributed by atoms with van der Waals surface area (Å²) in [5.41, 5.74) is 4.79. The number of halogens is 2. The fourth-order valence-corrected chi connectivity index (χ4v) is 3.90. The Bertz CT molecular complexity index is 1260. The maximum absolute atomic E-state index is 14.0. The molecule has 4 aromatic rings. The van der Waals surface area contributed by atoms with Crippen molar-refractivity contribution in [2.75, 3.05) is 4.90 Å². The van der Waals surface area contributed by atoms with Crippen LogP contribution in [-0.4, -0.2) is 19.6 Å². The molecule has 0 saturated heterocycles. The first-order valence-electron chi connectivity index (χ1n) is 9.39. The molecule has 0 radical (unpaired) electrons. The third-order valence-corrected chi connectivity index (χ3v) is 5.74. The van der Waals surface area contributed by atoms with Gasteiger partial charge >= 0.3 is 0 Å². The van der Waals surface area contributed by atoms with Gasteiger partial charge in [-0.15, -0.1) is 0 Å². The molecule has 0 bridgehead atoms. The molecule has 7 heteroatoms. The van der Waals surface area contributed by atoms with E-state index in [-0.39, 0.29) is 5.82 Å². The van der Waals surface area contributed by atoms with Gasteiger partial charge in [0, 0.05) is 11.3 Å². The van der Waals surface area contributed by atoms with Gasteiger partial charge in [-0.05, 0) is 52.5 Å². The van der Waals surface area contributed by atoms with Crippen LogP contribution < -0.4 is 4.90 Å². The number of hydrogen-bond donors (Lipinski definition) is 0. The Labute approximate surface area is 175 Å². The normalized spacial score (nSPS) is 13.5. The van der Waals surface area contributed by atoms with E-state index >= 15 is 0 Å². The second-order valence-electron chi connectivity index (χ2n) is 6.82. The van der Waals surface area contributed by atoms with Gasteiger partial charge in [0.25, 0.3) is 5.78 Å². The average molecular weight is 450 g/mol. The maximum atomic E-state index is 14.0. The molecule has 5 nitrogen and oxygen atoms in total. The van der Waals surface area contributed by atoms with Crippen molar-refractivity contribution < 1.29 is 4.39 Å². The van der Waals surface area contributed by atoms with Crippen molar-refractivity contribution >= 4 is 33.2 Å². The van der Waals surface area contributed by atoms with Crippen LogP contribution in [-0.2, 0) is 6.42 Å². The zero-order valence-electron chi connectivity index (χ0n) is 15.7. The summed E-state index contributed by atoms with van der Waals surface area (Å²) < 4.78 is 16.2. The second kappa shape index (κ2) is 7.08. The number of imidazole rings is 1. The topological polar surface area (TPSA) is 46.3 Å². The van der Waals surface area contributed by atoms with Crippen molar-refractivity contribution in [1.82, 2.24) is 19.6 Å². The highest BCUT2D eigenvalue weighted by Crippen LogP contribution is 2.37. The van der Waals surface area contributed by atoms with Gasteiger partial charge in [-0.3, -0.25) is 4.90 Å². The lowest BCUT2D eigenvalue weighted by Crippen LogP contribution is -2.22. The third kappa shape index (κ3) is 3.02. The van der Waals surface area contributed by atoms with Crippen LogP contribution in [0.2, 0.25) is 0 Å². The lowest BCUT2D eigenvalue weighted by atomic mass is 10.0. The second-order valence-corrected chi connectivity index (χ2v) is 7.67. The predicted octanol–water partition coefficient (Wildman–Crippen LogP) is 5.68. The lowest BCUT2D eigenvalue weighted by Gasteiger charge is -2.31. The minimum absolute atomic E-state index is 0.337. The number of fused-ring (bicyclic) bond motifs is 2. The molecule has 144 valence electrons. The van der Waals surface area contributed by atoms with Gasteiger partial charge in [-0.1, -0.05) is 37.3 Å². The Morgan fingerprint density at radius 2 is 1.93 bits per heavy atom. The number of nitrogens with zero attached hydrogens (tertiary/aromatic N) is 5. The molecule has 0 fully saturated rings. The molecule has 1 aliphatic rings. The highest BCUT2D eigenvalue weighted by Gasteiger charge is 2.24. The molecule has 5 rings (SSSR count). The smallest absolute Gasteiger partial charge is 0.252 e. The summed E-state index contributed by atoms with van der Waals surface area (Å²) in [4.78, 5) is 11.1. The fraction of sp³-hybridized carbons (Fsp3) is 0.136. The molecule has 0 amide bonds. The molecular formula is C22H17BrFN5. The predicted molar refractivity (Wildman–Crippen MR) is 115 cm³/mol. The van der Waals surface area contributed by atoms with Crippen LogP contribution in [0.1, 0.15) is 18.9 Å². The Balaban J connectivity index is 1.68. The molecule has 2 aromatic heterocycles. The summed E-state index contributed by atoms with van der Waals surface area (Å²) in [6.07, 6.45) is 7.43. The quantitative estimate of drug-likeness (QED) is 0.403. The molecule has 3 heterocycles. The Hall–Kier alpha value is -3.06. The molecular weight excluding hydrogens is 433 g/mol. The highest BCUT2D eigenvalue weighted by atomic mass is 79.9. The first kappa shape index (κ1) is 18.0. The first-order chi connectivity index (χ1) is 14.2. The Morgan fingerprint density at radius 1 is 1.10 bits per heavy atom. The number of anilines is 2. The van der Waals surface area contributed by atoms with Gasteiger partial charge in [0.2, 0.25) is 0 Å². The highest BCUT2D eigenvalue weighted by molar-refractivity contribution is 9.10. The largest absolute Gasteiger partial charge is 0.297 e. The van der Waals surface area contributed by atoms with E-state index in [1.165, 1.54) is 17.3 Å². The minimum Gasteiger partial charge on any atom is -0.297 e. The van der Waals surface area contributed by atoms with Crippen LogP contribution in [0.15, 0.2) is 71.1 Å². The van der Waals surface area contributed by atoms with Crippen LogP contribution >= 0.6 is 15.9 Å². The van der Waals surface area contributed by atoms with Crippen LogP contribution in [0.5, 0.6) is 0 Å². The molecule has 0 aliphatic carbocycles. The van der Waals surface area contributed by atoms with E-state index in [0.717, 1.165) is 24.3 Å². The van der Waals surface area contributed by atoms with E-state index in [9.17, 15) is 4.39 Å². The van der Waals surface area contributed by atoms with Crippen molar-refractivity contribution in [3.63, 3.8) is 0 Å². The van der Waals surface area contributed by atoms with E-state index in [2.05, 4.69) is 62.0 Å². The summed E-state index contributed by atoms with van der Waals surface area (Å²) in [6.45, 7) is 2.14. The zero-order chi connectivity index (χ0) is 20.0. The van der Waals surface area contributed by atoms with Gasteiger partial charge in [0.15, 0.2) is 5.82 Å². The van der Waals surface area contributed by atoms with Gasteiger partial charge in [0.05, 0.1) is 22.6 Å². The third-order valence-electron chi connectivity index (χ3n) is 5.10. The SMILES string of the molecule is CCC1=CCc2ccccc2N1c1cnc2ncc(-c3ccc(Br)c(F)c3)nn12. The number of rotatable bonds is 3. The Kier molecular flexibility index (Phi) is 4.39. The van der Waals surface area contributed by atoms with E-state index < -0.39 is 0 Å². The molecule has 0 atom stereocenters. The minimum atomic E-state index is -0.337. The summed E-state index contributed by atoms with van der Waals surface area (Å²) in [7, 11) is 0. The van der Waals surface area contributed by atoms with E-state index in [4.69, 9.17) is 5.10 Å². The van der Waals surface area contributed by atoms with Crippen molar-refractivity contribution in [1.29, 1.82) is 0 Å². The number of hydrogen-bond acceptors (Lipinski definition) is 4. The molecule has 29 heavy (non-hydrogen) atoms. The van der Waals surface area contributed by atoms with Crippen LogP contribution in [0.25, 0.3) is 17.0 Å². The van der Waals surface area contributed by atoms with Crippen molar-refractivity contribution in [2.24, 2.45) is 0 Å². The fourth-order valence-electron chi connectivity index (χ4n) is 3.65. The van der Waals surface area contributed by atoms with Gasteiger partial charge < -0.3 is 0 Å². The van der Waals surface area contributed by atoms with Gasteiger partial charge in [0.1, 0.15) is 11.5 Å². The van der Waals surface area contributed by atoms with Crippen LogP contribution in [0, 0.1) is 5.82 Å². The standard InChI is InChI=1S/C22H17BrFN5/c1-2-16-9-7-14-5-3-4-6-20(14)28(16)21-13-26-22-25-12-19(27-29(21)22)15-8-10-17(23)18(24)11-15/h3-6,8-13H,2,7H2,1H3. The number of benzene rings is 2. The molecule has 0 spiro atoms. The first-order valence-corrected chi connectivity index (χ1v) is 10.2. The van der Waals surface area contributed by atoms with E-state index in [0.29, 0.717) is 21.5 Å². The zero-order valence-corrected chi connectivity index (χ0v) is 17.3. The summed E-state index contributed by atoms with van der Waals surface area (Å²) in [6, 6.07) is 13.3. The van der Waals surface area contributed by atoms with E-state index in [1.807, 2.05) is 12.1 Å².